The summed E-state index contributed by atoms with van der Waals surface area (Å²) in [6.07, 6.45) is 5.18. The molecule has 2 aromatic carbocycles. The van der Waals surface area contributed by atoms with Crippen LogP contribution in [0.4, 0.5) is 0 Å². The Morgan fingerprint density at radius 2 is 1.67 bits per heavy atom. The molecule has 0 saturated heterocycles. The molecular formula is C44H51GeIrN5O-2. The molecule has 0 bridgehead atoms. The van der Waals surface area contributed by atoms with E-state index in [0.717, 1.165) is 68.0 Å². The van der Waals surface area contributed by atoms with Crippen molar-refractivity contribution in [3.63, 3.8) is 0 Å². The van der Waals surface area contributed by atoms with E-state index in [2.05, 4.69) is 123 Å². The van der Waals surface area contributed by atoms with Gasteiger partial charge in [0.2, 0.25) is 5.71 Å². The van der Waals surface area contributed by atoms with Gasteiger partial charge in [-0.1, -0.05) is 24.8 Å². The second kappa shape index (κ2) is 15.8. The van der Waals surface area contributed by atoms with E-state index in [-0.39, 0.29) is 20.1 Å². The van der Waals surface area contributed by atoms with E-state index in [4.69, 9.17) is 14.4 Å². The van der Waals surface area contributed by atoms with Crippen molar-refractivity contribution in [3.05, 3.63) is 102 Å². The number of rotatable bonds is 8. The summed E-state index contributed by atoms with van der Waals surface area (Å²) >= 11 is -1.96. The molecule has 7 rings (SSSR count). The van der Waals surface area contributed by atoms with E-state index in [0.29, 0.717) is 23.0 Å². The maximum absolute atomic E-state index is 6.18. The van der Waals surface area contributed by atoms with Crippen molar-refractivity contribution in [2.45, 2.75) is 97.5 Å². The fraction of sp³-hybridized carbons (Fsp3) is 0.364. The predicted molar refractivity (Wildman–Crippen MR) is 215 cm³/mol. The van der Waals surface area contributed by atoms with Crippen molar-refractivity contribution in [2.24, 2.45) is 5.41 Å². The Balaban J connectivity index is 0.000000202. The topological polar surface area (TPSA) is 69.6 Å². The summed E-state index contributed by atoms with van der Waals surface area (Å²) in [4.78, 5) is 18.9. The number of fused-ring (bicyclic) bond motifs is 4. The van der Waals surface area contributed by atoms with Gasteiger partial charge in [0, 0.05) is 43.9 Å². The van der Waals surface area contributed by atoms with Gasteiger partial charge in [0.15, 0.2) is 0 Å². The van der Waals surface area contributed by atoms with Crippen LogP contribution in [0.25, 0.3) is 55.7 Å². The Bertz CT molecular complexity index is 2320. The molecule has 1 unspecified atom stereocenters. The minimum atomic E-state index is -1.96. The molecule has 1 radical (unpaired) electrons. The zero-order chi connectivity index (χ0) is 36.7. The summed E-state index contributed by atoms with van der Waals surface area (Å²) in [5.74, 6) is 9.07. The summed E-state index contributed by atoms with van der Waals surface area (Å²) in [5, 5.41) is 2.05. The molecule has 52 heavy (non-hydrogen) atoms. The van der Waals surface area contributed by atoms with Gasteiger partial charge in [-0.2, -0.15) is 0 Å². The third-order valence-corrected chi connectivity index (χ3v) is 14.8. The van der Waals surface area contributed by atoms with E-state index >= 15 is 0 Å². The zero-order valence-electron chi connectivity index (χ0n) is 32.5. The number of benzene rings is 2. The molecule has 5 aromatic heterocycles. The van der Waals surface area contributed by atoms with Gasteiger partial charge in [-0.15, -0.1) is 18.2 Å². The molecule has 0 aliphatic heterocycles. The molecule has 0 spiro atoms. The molecule has 0 amide bonds. The first kappa shape index (κ1) is 39.6. The Morgan fingerprint density at radius 3 is 2.33 bits per heavy atom. The van der Waals surface area contributed by atoms with Crippen LogP contribution in [0, 0.1) is 24.5 Å². The molecule has 7 aromatic rings. The fourth-order valence-electron chi connectivity index (χ4n) is 6.79. The number of imidazole rings is 1. The number of furan rings is 1. The Morgan fingerprint density at radius 1 is 0.904 bits per heavy atom. The standard InChI is InChI=1S/C23H21N4O.C21H30GeN.Ir/c1-5-27-20-18(11-12-24-19(20)13(2)3)26-22(27)17-8-6-7-15-16-10-9-14(4)25-23(16)28-21(15)17;1-8-21(3,4)16(2)18-14-20(17-12-10-9-11-13-17)23-15-19(18)22(5,6)7;/h6-7,9-13H,5H2,1-4H3;9-12,14-16H,8H2,1-7H3;/q2*-1;. The van der Waals surface area contributed by atoms with Gasteiger partial charge in [0.1, 0.15) is 0 Å². The number of aryl methyl sites for hydroxylation is 2. The van der Waals surface area contributed by atoms with Crippen molar-refractivity contribution in [3.8, 4) is 22.6 Å². The number of aromatic nitrogens is 5. The van der Waals surface area contributed by atoms with E-state index in [9.17, 15) is 0 Å². The van der Waals surface area contributed by atoms with E-state index in [1.54, 1.807) is 4.40 Å². The van der Waals surface area contributed by atoms with Crippen LogP contribution in [0.2, 0.25) is 17.3 Å². The van der Waals surface area contributed by atoms with Gasteiger partial charge in [-0.25, -0.2) is 4.98 Å². The first-order valence-electron chi connectivity index (χ1n) is 18.3. The molecule has 0 fully saturated rings. The third-order valence-electron chi connectivity index (χ3n) is 10.5. The Hall–Kier alpha value is -3.65. The third kappa shape index (κ3) is 7.69. The van der Waals surface area contributed by atoms with Gasteiger partial charge in [-0.3, -0.25) is 9.97 Å². The van der Waals surface area contributed by atoms with E-state index < -0.39 is 13.3 Å². The molecule has 8 heteroatoms. The molecule has 0 N–H and O–H groups in total. The molecule has 0 aliphatic carbocycles. The van der Waals surface area contributed by atoms with Crippen LogP contribution >= 0.6 is 0 Å². The fourth-order valence-corrected chi connectivity index (χ4v) is 10.2. The van der Waals surface area contributed by atoms with E-state index in [1.165, 1.54) is 12.0 Å². The van der Waals surface area contributed by atoms with Crippen molar-refractivity contribution in [1.82, 2.24) is 24.5 Å². The number of hydrogen-bond donors (Lipinski definition) is 0. The molecule has 0 saturated carbocycles. The van der Waals surface area contributed by atoms with Crippen molar-refractivity contribution in [2.75, 3.05) is 0 Å². The van der Waals surface area contributed by atoms with Gasteiger partial charge in [0.25, 0.3) is 0 Å². The van der Waals surface area contributed by atoms with Crippen LogP contribution in [-0.4, -0.2) is 37.8 Å². The van der Waals surface area contributed by atoms with Crippen LogP contribution < -0.4 is 4.40 Å². The normalized spacial score (nSPS) is 12.6. The first-order valence-corrected chi connectivity index (χ1v) is 25.6. The molecule has 1 atom stereocenters. The average molecular weight is 931 g/mol. The minimum Gasteiger partial charge on any atom is -0.486 e. The molecule has 0 aliphatic rings. The van der Waals surface area contributed by atoms with E-state index in [1.807, 2.05) is 49.5 Å². The zero-order valence-corrected chi connectivity index (χ0v) is 37.0. The smallest absolute Gasteiger partial charge is 0.216 e. The van der Waals surface area contributed by atoms with Crippen LogP contribution in [0.3, 0.4) is 0 Å². The number of hydrogen-bond acceptors (Lipinski definition) is 5. The largest absolute Gasteiger partial charge is 0.486 e. The second-order valence-corrected chi connectivity index (χ2v) is 26.2. The second-order valence-electron chi connectivity index (χ2n) is 15.6. The SMILES string of the molecule is CCC(C)(C)C(C)c1cc(-c2[c-]cccc2)nc[c]1[Ge]([CH3])([CH3])[CH3].CCn1c(-c2[c-]ccc3c2oc2nc(C)ccc23)nc2ccnc(C(C)C)c21.[Ir]. The Labute approximate surface area is 325 Å². The molecule has 6 nitrogen and oxygen atoms in total. The molecule has 273 valence electrons. The summed E-state index contributed by atoms with van der Waals surface area (Å²) < 4.78 is 9.94. The monoisotopic (exact) mass is 932 g/mol. The molecular weight excluding hydrogens is 879 g/mol. The summed E-state index contributed by atoms with van der Waals surface area (Å²) in [7, 11) is 0. The van der Waals surface area contributed by atoms with Crippen LogP contribution in [-0.2, 0) is 26.7 Å². The van der Waals surface area contributed by atoms with Crippen LogP contribution in [0.5, 0.6) is 0 Å². The summed E-state index contributed by atoms with van der Waals surface area (Å²) in [6.45, 7) is 18.7. The number of nitrogens with zero attached hydrogens (tertiary/aromatic N) is 5. The predicted octanol–water partition coefficient (Wildman–Crippen LogP) is 11.3. The average Bonchev–Trinajstić information content (AvgIpc) is 3.69. The van der Waals surface area contributed by atoms with Gasteiger partial charge in [-0.05, 0) is 38.0 Å². The van der Waals surface area contributed by atoms with Gasteiger partial charge >= 0.3 is 145 Å². The summed E-state index contributed by atoms with van der Waals surface area (Å²) in [5.41, 5.74) is 10.3. The first-order chi connectivity index (χ1) is 24.2. The van der Waals surface area contributed by atoms with Crippen LogP contribution in [0.15, 0.2) is 77.5 Å². The number of pyridine rings is 3. The van der Waals surface area contributed by atoms with Gasteiger partial charge in [0.05, 0.1) is 28.1 Å². The summed E-state index contributed by atoms with van der Waals surface area (Å²) in [6, 6.07) is 27.2. The maximum atomic E-state index is 6.18. The van der Waals surface area contributed by atoms with Crippen molar-refractivity contribution >= 4 is 50.8 Å². The maximum Gasteiger partial charge on any atom is 0.216 e. The van der Waals surface area contributed by atoms with Crippen LogP contribution in [0.1, 0.15) is 83.7 Å². The van der Waals surface area contributed by atoms with Crippen molar-refractivity contribution in [1.29, 1.82) is 0 Å². The minimum absolute atomic E-state index is 0. The Kier molecular flexibility index (Phi) is 12.0. The quantitative estimate of drug-likeness (QED) is 0.112. The molecule has 5 heterocycles. The van der Waals surface area contributed by atoms with Crippen molar-refractivity contribution < 1.29 is 24.5 Å². The van der Waals surface area contributed by atoms with Gasteiger partial charge < -0.3 is 8.98 Å².